The van der Waals surface area contributed by atoms with Crippen molar-refractivity contribution in [1.29, 1.82) is 0 Å². The van der Waals surface area contributed by atoms with Crippen molar-refractivity contribution in [1.82, 2.24) is 14.0 Å². The third kappa shape index (κ3) is 2.00. The zero-order valence-electron chi connectivity index (χ0n) is 12.3. The van der Waals surface area contributed by atoms with Crippen molar-refractivity contribution < 1.29 is 5.11 Å². The van der Waals surface area contributed by atoms with Crippen LogP contribution in [0.5, 0.6) is 0 Å². The molecule has 0 aliphatic heterocycles. The minimum absolute atomic E-state index is 0.0528. The predicted molar refractivity (Wildman–Crippen MR) is 81.1 cm³/mol. The second kappa shape index (κ2) is 4.63. The number of aliphatic hydroxyl groups is 1. The number of hydrogen-bond donors (Lipinski definition) is 1. The van der Waals surface area contributed by atoms with Crippen LogP contribution in [0.4, 0.5) is 0 Å². The van der Waals surface area contributed by atoms with Gasteiger partial charge in [0.25, 0.3) is 0 Å². The molecular weight excluding hydrogens is 250 g/mol. The summed E-state index contributed by atoms with van der Waals surface area (Å²) >= 11 is 0. The Hall–Kier alpha value is -1.81. The van der Waals surface area contributed by atoms with E-state index in [1.165, 1.54) is 5.69 Å². The van der Waals surface area contributed by atoms with E-state index in [-0.39, 0.29) is 12.0 Å². The average Bonchev–Trinajstić information content (AvgIpc) is 2.91. The number of para-hydroxylation sites is 2. The lowest BCUT2D eigenvalue weighted by atomic mass is 9.92. The van der Waals surface area contributed by atoms with Gasteiger partial charge in [-0.15, -0.1) is 0 Å². The van der Waals surface area contributed by atoms with Crippen LogP contribution in [0.2, 0.25) is 0 Å². The maximum absolute atomic E-state index is 9.13. The zero-order chi connectivity index (χ0) is 14.3. The van der Waals surface area contributed by atoms with E-state index in [1.807, 2.05) is 18.2 Å². The van der Waals surface area contributed by atoms with Crippen LogP contribution in [0, 0.1) is 0 Å². The predicted octanol–water partition coefficient (Wildman–Crippen LogP) is 2.97. The largest absolute Gasteiger partial charge is 0.396 e. The summed E-state index contributed by atoms with van der Waals surface area (Å²) in [4.78, 5) is 4.75. The van der Waals surface area contributed by atoms with Gasteiger partial charge in [-0.2, -0.15) is 0 Å². The van der Waals surface area contributed by atoms with Crippen LogP contribution >= 0.6 is 0 Å². The normalized spacial score (nSPS) is 12.6. The molecule has 106 valence electrons. The van der Waals surface area contributed by atoms with Crippen molar-refractivity contribution in [3.05, 3.63) is 36.2 Å². The first-order chi connectivity index (χ1) is 9.52. The van der Waals surface area contributed by atoms with Gasteiger partial charge in [0.2, 0.25) is 5.78 Å². The zero-order valence-corrected chi connectivity index (χ0v) is 12.3. The highest BCUT2D eigenvalue weighted by molar-refractivity contribution is 5.79. The average molecular weight is 271 g/mol. The number of rotatable bonds is 3. The monoisotopic (exact) mass is 271 g/mol. The van der Waals surface area contributed by atoms with Gasteiger partial charge in [-0.1, -0.05) is 32.9 Å². The number of benzene rings is 1. The lowest BCUT2D eigenvalue weighted by molar-refractivity contribution is 0.278. The fraction of sp³-hybridized carbons (Fsp3) is 0.438. The minimum Gasteiger partial charge on any atom is -0.396 e. The first kappa shape index (κ1) is 13.2. The first-order valence-corrected chi connectivity index (χ1v) is 7.10. The van der Waals surface area contributed by atoms with E-state index in [9.17, 15) is 0 Å². The number of fused-ring (bicyclic) bond motifs is 3. The smallest absolute Gasteiger partial charge is 0.215 e. The van der Waals surface area contributed by atoms with Crippen molar-refractivity contribution in [2.45, 2.75) is 39.2 Å². The van der Waals surface area contributed by atoms with Crippen LogP contribution < -0.4 is 0 Å². The molecule has 3 aromatic rings. The fourth-order valence-corrected chi connectivity index (χ4v) is 2.70. The minimum atomic E-state index is 0.0528. The van der Waals surface area contributed by atoms with Gasteiger partial charge < -0.3 is 9.67 Å². The highest BCUT2D eigenvalue weighted by atomic mass is 16.3. The van der Waals surface area contributed by atoms with Gasteiger partial charge in [0.05, 0.1) is 11.0 Å². The van der Waals surface area contributed by atoms with Crippen LogP contribution in [-0.4, -0.2) is 25.7 Å². The summed E-state index contributed by atoms with van der Waals surface area (Å²) in [6.45, 7) is 7.62. The lowest BCUT2D eigenvalue weighted by Crippen LogP contribution is -2.18. The summed E-state index contributed by atoms with van der Waals surface area (Å²) in [5, 5.41) is 9.13. The SMILES string of the molecule is CC(C)(C)c1cn2c3ccccc3nc2n1CCCO. The molecule has 0 saturated carbocycles. The van der Waals surface area contributed by atoms with E-state index in [2.05, 4.69) is 42.0 Å². The second-order valence-corrected chi connectivity index (χ2v) is 6.26. The Kier molecular flexibility index (Phi) is 3.05. The molecule has 0 radical (unpaired) electrons. The molecule has 0 aliphatic carbocycles. The van der Waals surface area contributed by atoms with Crippen LogP contribution in [0.25, 0.3) is 16.8 Å². The molecule has 2 heterocycles. The molecular formula is C16H21N3O. The van der Waals surface area contributed by atoms with Gasteiger partial charge >= 0.3 is 0 Å². The van der Waals surface area contributed by atoms with Crippen molar-refractivity contribution in [3.63, 3.8) is 0 Å². The maximum atomic E-state index is 9.13. The third-order valence-corrected chi connectivity index (χ3v) is 3.67. The van der Waals surface area contributed by atoms with E-state index in [0.717, 1.165) is 29.8 Å². The summed E-state index contributed by atoms with van der Waals surface area (Å²) in [7, 11) is 0. The number of nitrogens with zero attached hydrogens (tertiary/aromatic N) is 3. The Labute approximate surface area is 118 Å². The Morgan fingerprint density at radius 1 is 1.20 bits per heavy atom. The van der Waals surface area contributed by atoms with Crippen molar-refractivity contribution >= 4 is 16.8 Å². The summed E-state index contributed by atoms with van der Waals surface area (Å²) in [5.41, 5.74) is 3.45. The molecule has 2 aromatic heterocycles. The molecule has 1 N–H and O–H groups in total. The number of imidazole rings is 2. The summed E-state index contributed by atoms with van der Waals surface area (Å²) in [6.07, 6.45) is 2.93. The van der Waals surface area contributed by atoms with E-state index < -0.39 is 0 Å². The number of aliphatic hydroxyl groups excluding tert-OH is 1. The first-order valence-electron chi connectivity index (χ1n) is 7.10. The van der Waals surface area contributed by atoms with Gasteiger partial charge in [-0.05, 0) is 18.6 Å². The Balaban J connectivity index is 2.28. The molecule has 4 nitrogen and oxygen atoms in total. The van der Waals surface area contributed by atoms with Gasteiger partial charge in [-0.3, -0.25) is 4.40 Å². The molecule has 0 amide bonds. The van der Waals surface area contributed by atoms with E-state index >= 15 is 0 Å². The molecule has 0 unspecified atom stereocenters. The molecule has 20 heavy (non-hydrogen) atoms. The van der Waals surface area contributed by atoms with Crippen LogP contribution in [0.3, 0.4) is 0 Å². The molecule has 3 rings (SSSR count). The van der Waals surface area contributed by atoms with Gasteiger partial charge in [-0.25, -0.2) is 4.98 Å². The molecule has 0 fully saturated rings. The van der Waals surface area contributed by atoms with Crippen LogP contribution in [0.15, 0.2) is 30.5 Å². The Morgan fingerprint density at radius 3 is 2.65 bits per heavy atom. The quantitative estimate of drug-likeness (QED) is 0.795. The molecule has 0 atom stereocenters. The summed E-state index contributed by atoms with van der Waals surface area (Å²) in [6, 6.07) is 8.18. The fourth-order valence-electron chi connectivity index (χ4n) is 2.70. The lowest BCUT2D eigenvalue weighted by Gasteiger charge is -2.20. The molecule has 0 saturated heterocycles. The molecule has 4 heteroatoms. The van der Waals surface area contributed by atoms with Crippen LogP contribution in [0.1, 0.15) is 32.9 Å². The summed E-state index contributed by atoms with van der Waals surface area (Å²) < 4.78 is 4.39. The van der Waals surface area contributed by atoms with Crippen molar-refractivity contribution in [2.24, 2.45) is 0 Å². The van der Waals surface area contributed by atoms with Gasteiger partial charge in [0.15, 0.2) is 0 Å². The Bertz CT molecular complexity index is 746. The topological polar surface area (TPSA) is 42.5 Å². The van der Waals surface area contributed by atoms with Gasteiger partial charge in [0, 0.05) is 30.5 Å². The van der Waals surface area contributed by atoms with E-state index in [4.69, 9.17) is 10.1 Å². The number of aryl methyl sites for hydroxylation is 1. The molecule has 0 spiro atoms. The highest BCUT2D eigenvalue weighted by Crippen LogP contribution is 2.28. The molecule has 0 aliphatic rings. The molecule has 1 aromatic carbocycles. The van der Waals surface area contributed by atoms with E-state index in [0.29, 0.717) is 0 Å². The van der Waals surface area contributed by atoms with Crippen LogP contribution in [-0.2, 0) is 12.0 Å². The van der Waals surface area contributed by atoms with Crippen molar-refractivity contribution in [3.8, 4) is 0 Å². The maximum Gasteiger partial charge on any atom is 0.215 e. The van der Waals surface area contributed by atoms with E-state index in [1.54, 1.807) is 0 Å². The molecule has 0 bridgehead atoms. The second-order valence-electron chi connectivity index (χ2n) is 6.26. The van der Waals surface area contributed by atoms with Gasteiger partial charge in [0.1, 0.15) is 0 Å². The number of hydrogen-bond acceptors (Lipinski definition) is 2. The van der Waals surface area contributed by atoms with Crippen molar-refractivity contribution in [2.75, 3.05) is 6.61 Å². The summed E-state index contributed by atoms with van der Waals surface area (Å²) in [5.74, 6) is 0.963. The number of aromatic nitrogens is 3. The Morgan fingerprint density at radius 2 is 1.95 bits per heavy atom. The third-order valence-electron chi connectivity index (χ3n) is 3.67. The highest BCUT2D eigenvalue weighted by Gasteiger charge is 2.22. The standard InChI is InChI=1S/C16H21N3O/c1-16(2,3)14-11-19-13-8-5-4-7-12(13)17-15(19)18(14)9-6-10-20/h4-5,7-8,11,20H,6,9-10H2,1-3H3.